The molecule has 1 aromatic carbocycles. The van der Waals surface area contributed by atoms with E-state index in [1.807, 2.05) is 31.2 Å². The van der Waals surface area contributed by atoms with E-state index < -0.39 is 0 Å². The van der Waals surface area contributed by atoms with Crippen molar-refractivity contribution in [2.24, 2.45) is 0 Å². The molecule has 0 radical (unpaired) electrons. The van der Waals surface area contributed by atoms with Gasteiger partial charge in [0.15, 0.2) is 5.13 Å². The van der Waals surface area contributed by atoms with Crippen LogP contribution in [-0.2, 0) is 6.54 Å². The molecule has 5 nitrogen and oxygen atoms in total. The topological polar surface area (TPSA) is 57.3 Å². The maximum absolute atomic E-state index is 11.5. The van der Waals surface area contributed by atoms with Crippen LogP contribution in [0.25, 0.3) is 0 Å². The lowest BCUT2D eigenvalue weighted by molar-refractivity contribution is 0.0963. The van der Waals surface area contributed by atoms with Crippen molar-refractivity contribution < 1.29 is 4.79 Å². The number of aromatic nitrogens is 1. The van der Waals surface area contributed by atoms with Gasteiger partial charge in [-0.2, -0.15) is 0 Å². The van der Waals surface area contributed by atoms with Crippen molar-refractivity contribution in [1.82, 2.24) is 15.6 Å². The van der Waals surface area contributed by atoms with Crippen molar-refractivity contribution in [3.63, 3.8) is 0 Å². The van der Waals surface area contributed by atoms with E-state index in [-0.39, 0.29) is 5.91 Å². The van der Waals surface area contributed by atoms with Crippen molar-refractivity contribution >= 4 is 22.4 Å². The van der Waals surface area contributed by atoms with E-state index in [1.54, 1.807) is 18.4 Å². The summed E-state index contributed by atoms with van der Waals surface area (Å²) >= 11 is 1.73. The van der Waals surface area contributed by atoms with E-state index in [4.69, 9.17) is 0 Å². The second-order valence-electron chi connectivity index (χ2n) is 6.19. The van der Waals surface area contributed by atoms with E-state index in [9.17, 15) is 4.79 Å². The van der Waals surface area contributed by atoms with Gasteiger partial charge in [-0.1, -0.05) is 12.1 Å². The maximum atomic E-state index is 11.5. The summed E-state index contributed by atoms with van der Waals surface area (Å²) in [5, 5.41) is 9.54. The van der Waals surface area contributed by atoms with Crippen LogP contribution in [-0.4, -0.2) is 37.1 Å². The van der Waals surface area contributed by atoms with Gasteiger partial charge < -0.3 is 15.5 Å². The molecule has 1 aromatic heterocycles. The molecule has 2 heterocycles. The molecule has 0 atom stereocenters. The molecule has 128 valence electrons. The lowest BCUT2D eigenvalue weighted by Crippen LogP contribution is -2.42. The Labute approximate surface area is 147 Å². The van der Waals surface area contributed by atoms with Crippen molar-refractivity contribution in [1.29, 1.82) is 0 Å². The number of benzene rings is 1. The lowest BCUT2D eigenvalue weighted by atomic mass is 10.0. The van der Waals surface area contributed by atoms with Gasteiger partial charge in [-0.05, 0) is 37.5 Å². The van der Waals surface area contributed by atoms with Crippen molar-refractivity contribution in [3.05, 3.63) is 46.5 Å². The standard InChI is InChI=1S/C18H24N4OS/c1-13-12-24-18(21-13)22-9-7-16(8-10-22)20-11-14-3-5-15(6-4-14)17(23)19-2/h3-6,12,16,20H,7-11H2,1-2H3,(H,19,23). The summed E-state index contributed by atoms with van der Waals surface area (Å²) in [6.45, 7) is 5.00. The first-order chi connectivity index (χ1) is 11.7. The molecule has 1 aliphatic heterocycles. The number of amides is 1. The molecule has 1 saturated heterocycles. The summed E-state index contributed by atoms with van der Waals surface area (Å²) < 4.78 is 0. The number of nitrogens with zero attached hydrogens (tertiary/aromatic N) is 2. The van der Waals surface area contributed by atoms with Gasteiger partial charge in [0.25, 0.3) is 5.91 Å². The minimum Gasteiger partial charge on any atom is -0.355 e. The molecule has 6 heteroatoms. The van der Waals surface area contributed by atoms with Crippen molar-refractivity contribution in [2.45, 2.75) is 32.4 Å². The third-order valence-corrected chi connectivity index (χ3v) is 5.43. The third-order valence-electron chi connectivity index (χ3n) is 4.41. The molecule has 3 rings (SSSR count). The van der Waals surface area contributed by atoms with E-state index in [0.29, 0.717) is 11.6 Å². The molecule has 0 spiro atoms. The van der Waals surface area contributed by atoms with Crippen molar-refractivity contribution in [2.75, 3.05) is 25.0 Å². The first kappa shape index (κ1) is 16.9. The van der Waals surface area contributed by atoms with Gasteiger partial charge in [0, 0.05) is 43.7 Å². The first-order valence-electron chi connectivity index (χ1n) is 8.37. The number of piperidine rings is 1. The highest BCUT2D eigenvalue weighted by Crippen LogP contribution is 2.23. The molecule has 1 fully saturated rings. The Morgan fingerprint density at radius 3 is 2.58 bits per heavy atom. The number of carbonyl (C=O) groups excluding carboxylic acids is 1. The third kappa shape index (κ3) is 4.13. The van der Waals surface area contributed by atoms with Crippen LogP contribution in [0.15, 0.2) is 29.6 Å². The summed E-state index contributed by atoms with van der Waals surface area (Å²) in [5.41, 5.74) is 3.02. The fraction of sp³-hybridized carbons (Fsp3) is 0.444. The zero-order valence-electron chi connectivity index (χ0n) is 14.2. The number of aryl methyl sites for hydroxylation is 1. The van der Waals surface area contributed by atoms with Crippen LogP contribution in [0.1, 0.15) is 34.5 Å². The van der Waals surface area contributed by atoms with Gasteiger partial charge in [0.1, 0.15) is 0 Å². The summed E-state index contributed by atoms with van der Waals surface area (Å²) in [6, 6.07) is 8.34. The second-order valence-corrected chi connectivity index (χ2v) is 7.03. The molecule has 1 amide bonds. The van der Waals surface area contributed by atoms with Crippen LogP contribution >= 0.6 is 11.3 Å². The highest BCUT2D eigenvalue weighted by Gasteiger charge is 2.20. The van der Waals surface area contributed by atoms with Gasteiger partial charge in [-0.25, -0.2) is 4.98 Å². The Kier molecular flexibility index (Phi) is 5.48. The Morgan fingerprint density at radius 2 is 2.00 bits per heavy atom. The maximum Gasteiger partial charge on any atom is 0.251 e. The van der Waals surface area contributed by atoms with E-state index in [1.165, 1.54) is 5.56 Å². The van der Waals surface area contributed by atoms with Crippen LogP contribution < -0.4 is 15.5 Å². The number of anilines is 1. The molecule has 2 aromatic rings. The average Bonchev–Trinajstić information content (AvgIpc) is 3.06. The largest absolute Gasteiger partial charge is 0.355 e. The number of rotatable bonds is 5. The van der Waals surface area contributed by atoms with E-state index in [2.05, 4.69) is 25.9 Å². The normalized spacial score (nSPS) is 15.5. The molecule has 0 unspecified atom stereocenters. The van der Waals surface area contributed by atoms with Gasteiger partial charge >= 0.3 is 0 Å². The Bertz CT molecular complexity index is 675. The number of thiazole rings is 1. The minimum atomic E-state index is -0.0423. The molecule has 0 saturated carbocycles. The van der Waals surface area contributed by atoms with E-state index >= 15 is 0 Å². The Hall–Kier alpha value is -1.92. The van der Waals surface area contributed by atoms with Crippen LogP contribution in [0.3, 0.4) is 0 Å². The number of carbonyl (C=O) groups is 1. The predicted octanol–water partition coefficient (Wildman–Crippen LogP) is 2.57. The predicted molar refractivity (Wildman–Crippen MR) is 98.8 cm³/mol. The van der Waals surface area contributed by atoms with Crippen LogP contribution in [0, 0.1) is 6.92 Å². The van der Waals surface area contributed by atoms with Gasteiger partial charge in [0.2, 0.25) is 0 Å². The quantitative estimate of drug-likeness (QED) is 0.875. The van der Waals surface area contributed by atoms with Gasteiger partial charge in [-0.15, -0.1) is 11.3 Å². The number of nitrogens with one attached hydrogen (secondary N) is 2. The highest BCUT2D eigenvalue weighted by molar-refractivity contribution is 7.13. The summed E-state index contributed by atoms with van der Waals surface area (Å²) in [4.78, 5) is 18.5. The van der Waals surface area contributed by atoms with Crippen LogP contribution in [0.4, 0.5) is 5.13 Å². The second kappa shape index (κ2) is 7.77. The van der Waals surface area contributed by atoms with Crippen molar-refractivity contribution in [3.8, 4) is 0 Å². The fourth-order valence-corrected chi connectivity index (χ4v) is 3.80. The van der Waals surface area contributed by atoms with Gasteiger partial charge in [-0.3, -0.25) is 4.79 Å². The monoisotopic (exact) mass is 344 g/mol. The lowest BCUT2D eigenvalue weighted by Gasteiger charge is -2.32. The SMILES string of the molecule is CNC(=O)c1ccc(CNC2CCN(c3nc(C)cs3)CC2)cc1. The van der Waals surface area contributed by atoms with Gasteiger partial charge in [0.05, 0.1) is 5.69 Å². The fourth-order valence-electron chi connectivity index (χ4n) is 2.94. The average molecular weight is 344 g/mol. The molecular weight excluding hydrogens is 320 g/mol. The van der Waals surface area contributed by atoms with E-state index in [0.717, 1.165) is 43.3 Å². The molecule has 1 aliphatic rings. The molecular formula is C18H24N4OS. The summed E-state index contributed by atoms with van der Waals surface area (Å²) in [7, 11) is 1.65. The van der Waals surface area contributed by atoms with Crippen LogP contribution in [0.2, 0.25) is 0 Å². The summed E-state index contributed by atoms with van der Waals surface area (Å²) in [5.74, 6) is -0.0423. The summed E-state index contributed by atoms with van der Waals surface area (Å²) in [6.07, 6.45) is 2.27. The molecule has 24 heavy (non-hydrogen) atoms. The number of hydrogen-bond donors (Lipinski definition) is 2. The smallest absolute Gasteiger partial charge is 0.251 e. The zero-order valence-corrected chi connectivity index (χ0v) is 15.0. The number of hydrogen-bond acceptors (Lipinski definition) is 5. The molecule has 0 bridgehead atoms. The van der Waals surface area contributed by atoms with Crippen LogP contribution in [0.5, 0.6) is 0 Å². The molecule has 2 N–H and O–H groups in total. The zero-order chi connectivity index (χ0) is 16.9. The Balaban J connectivity index is 1.45. The molecule has 0 aliphatic carbocycles. The highest BCUT2D eigenvalue weighted by atomic mass is 32.1. The Morgan fingerprint density at radius 1 is 1.29 bits per heavy atom. The first-order valence-corrected chi connectivity index (χ1v) is 9.25. The minimum absolute atomic E-state index is 0.0423.